The van der Waals surface area contributed by atoms with Gasteiger partial charge in [-0.05, 0) is 0 Å². The molecule has 0 radical (unpaired) electrons. The molecule has 1 rings (SSSR count). The van der Waals surface area contributed by atoms with E-state index in [2.05, 4.69) is 0 Å². The third kappa shape index (κ3) is 0.582. The summed E-state index contributed by atoms with van der Waals surface area (Å²) in [4.78, 5) is 0. The van der Waals surface area contributed by atoms with Gasteiger partial charge in [0.25, 0.3) is 0 Å². The van der Waals surface area contributed by atoms with E-state index in [9.17, 15) is 0 Å². The summed E-state index contributed by atoms with van der Waals surface area (Å²) in [6.45, 7) is 0. The Bertz CT molecular complexity index is 226. The van der Waals surface area contributed by atoms with E-state index in [-0.39, 0.29) is 0 Å². The molecule has 0 saturated carbocycles. The van der Waals surface area contributed by atoms with Crippen LogP contribution in [0.4, 0.5) is 0 Å². The van der Waals surface area contributed by atoms with Crippen LogP contribution in [0.15, 0.2) is 36.3 Å². The van der Waals surface area contributed by atoms with Crippen LogP contribution in [-0.4, -0.2) is 0 Å². The molecule has 1 aromatic carbocycles. The maximum absolute atomic E-state index is 7.12. The Morgan fingerprint density at radius 1 is 0.667 bits per heavy atom. The molecular weight excluding hydrogens is 72.1 g/mol. The molecule has 0 heterocycles. The molecule has 0 spiro atoms. The quantitative estimate of drug-likeness (QED) is 0.454. The molecule has 0 N–H and O–H groups in total. The highest BCUT2D eigenvalue weighted by atomic mass is 13.6. The van der Waals surface area contributed by atoms with Crippen molar-refractivity contribution in [3.63, 3.8) is 0 Å². The smallest absolute Gasteiger partial charge is 0.0623 e. The first-order valence-corrected chi connectivity index (χ1v) is 1.50. The summed E-state index contributed by atoms with van der Waals surface area (Å²) in [6.07, 6.45) is 0. The van der Waals surface area contributed by atoms with Crippen molar-refractivity contribution in [2.75, 3.05) is 0 Å². The van der Waals surface area contributed by atoms with Crippen molar-refractivity contribution in [3.8, 4) is 0 Å². The van der Waals surface area contributed by atoms with E-state index in [4.69, 9.17) is 8.22 Å². The van der Waals surface area contributed by atoms with Gasteiger partial charge in [-0.2, -0.15) is 0 Å². The fraction of sp³-hybridized carbons (Fsp3) is 0. The molecule has 0 aliphatic rings. The first-order valence-electron chi connectivity index (χ1n) is 4.50. The van der Waals surface area contributed by atoms with Crippen LogP contribution < -0.4 is 0 Å². The molecule has 0 unspecified atom stereocenters. The Balaban J connectivity index is 3.60. The first kappa shape index (κ1) is 0.738. The van der Waals surface area contributed by atoms with Gasteiger partial charge in [0, 0.05) is 0 Å². The van der Waals surface area contributed by atoms with Crippen LogP contribution in [0.25, 0.3) is 0 Å². The van der Waals surface area contributed by atoms with Crippen molar-refractivity contribution in [2.24, 2.45) is 0 Å². The zero-order valence-electron chi connectivity index (χ0n) is 9.00. The first-order chi connectivity index (χ1) is 5.46. The van der Waals surface area contributed by atoms with E-state index in [1.54, 1.807) is 0 Å². The van der Waals surface area contributed by atoms with Gasteiger partial charge < -0.3 is 0 Å². The van der Waals surface area contributed by atoms with Gasteiger partial charge in [-0.25, -0.2) is 0 Å². The highest BCUT2D eigenvalue weighted by Crippen LogP contribution is 1.79. The third-order valence-electron chi connectivity index (χ3n) is 0.375. The minimum atomic E-state index is -0.457. The van der Waals surface area contributed by atoms with Crippen LogP contribution in [0.2, 0.25) is 0 Å². The second-order valence-corrected chi connectivity index (χ2v) is 0.750. The van der Waals surface area contributed by atoms with E-state index in [1.165, 1.54) is 0 Å². The summed E-state index contributed by atoms with van der Waals surface area (Å²) in [5, 5.41) is 0. The zero-order chi connectivity index (χ0) is 9.46. The van der Waals surface area contributed by atoms with Gasteiger partial charge >= 0.3 is 0 Å². The lowest BCUT2D eigenvalue weighted by Gasteiger charge is -1.69. The Kier molecular flexibility index (Phi) is 0.198. The molecule has 1 aromatic rings. The molecule has 6 heavy (non-hydrogen) atoms. The normalized spacial score (nSPS) is 22.0. The number of rotatable bonds is 0. The van der Waals surface area contributed by atoms with Crippen LogP contribution in [0.3, 0.4) is 0 Å². The van der Waals surface area contributed by atoms with Crippen molar-refractivity contribution in [1.29, 1.82) is 0 Å². The Labute approximate surface area is 45.9 Å². The lowest BCUT2D eigenvalue weighted by molar-refractivity contribution is 1.72. The van der Waals surface area contributed by atoms with Crippen LogP contribution in [0.5, 0.6) is 0 Å². The molecule has 0 bridgehead atoms. The van der Waals surface area contributed by atoms with E-state index < -0.39 is 36.3 Å². The highest BCUT2D eigenvalue weighted by molar-refractivity contribution is 4.99. The summed E-state index contributed by atoms with van der Waals surface area (Å²) < 4.78 is 42.7. The van der Waals surface area contributed by atoms with Crippen molar-refractivity contribution < 1.29 is 8.22 Å². The summed E-state index contributed by atoms with van der Waals surface area (Å²) in [5.74, 6) is 0. The summed E-state index contributed by atoms with van der Waals surface area (Å²) in [5.41, 5.74) is 0. The predicted molar refractivity (Wildman–Crippen MR) is 26.4 cm³/mol. The van der Waals surface area contributed by atoms with Crippen molar-refractivity contribution in [2.45, 2.75) is 0 Å². The minimum absolute atomic E-state index is 0.457. The molecule has 0 amide bonds. The highest BCUT2D eigenvalue weighted by Gasteiger charge is 1.57. The molecule has 0 atom stereocenters. The van der Waals surface area contributed by atoms with Crippen LogP contribution in [-0.2, 0) is 0 Å². The van der Waals surface area contributed by atoms with Gasteiger partial charge in [-0.3, -0.25) is 0 Å². The van der Waals surface area contributed by atoms with E-state index in [1.807, 2.05) is 0 Å². The average molecular weight is 90.2 g/mol. The molecule has 0 heteroatoms. The fourth-order valence-corrected chi connectivity index (χ4v) is 0.188. The van der Waals surface area contributed by atoms with Crippen LogP contribution in [0.1, 0.15) is 8.22 Å². The predicted octanol–water partition coefficient (Wildman–Crippen LogP) is 1.69. The lowest BCUT2D eigenvalue weighted by atomic mass is 10.4. The largest absolute Gasteiger partial charge is 0.0623 e. The van der Waals surface area contributed by atoms with Crippen molar-refractivity contribution in [3.05, 3.63) is 36.3 Å². The monoisotopic (exact) mass is 90.1 g/mol. The second kappa shape index (κ2) is 1.61. The molecule has 0 aliphatic heterocycles. The van der Waals surface area contributed by atoms with Crippen molar-refractivity contribution in [1.82, 2.24) is 0 Å². The van der Waals surface area contributed by atoms with Crippen LogP contribution in [0, 0.1) is 0 Å². The molecule has 0 fully saturated rings. The SMILES string of the molecule is [3H]c1c([3H])c([3H])c([3H])c([3H])c1[3H]. The Morgan fingerprint density at radius 3 is 1.00 bits per heavy atom. The maximum atomic E-state index is 7.12. The van der Waals surface area contributed by atoms with E-state index >= 15 is 0 Å². The van der Waals surface area contributed by atoms with E-state index in [0.717, 1.165) is 0 Å². The van der Waals surface area contributed by atoms with Gasteiger partial charge in [0.2, 0.25) is 0 Å². The lowest BCUT2D eigenvalue weighted by Crippen LogP contribution is -1.47. The third-order valence-corrected chi connectivity index (χ3v) is 0.375. The summed E-state index contributed by atoms with van der Waals surface area (Å²) in [6, 6.07) is -2.74. The topological polar surface area (TPSA) is 0 Å². The molecule has 0 nitrogen and oxygen atoms in total. The molecule has 0 saturated heterocycles. The molecular formula is C6H6. The standard InChI is InChI=1S/C6H6/c1-2-4-6-5-3-1/h1-6H/i1T,2T,3T,4T,5T,6T. The second-order valence-electron chi connectivity index (χ2n) is 0.750. The maximum Gasteiger partial charge on any atom is 0.0623 e. The van der Waals surface area contributed by atoms with Gasteiger partial charge in [-0.1, -0.05) is 36.3 Å². The van der Waals surface area contributed by atoms with Gasteiger partial charge in [0.1, 0.15) is 0 Å². The fourth-order valence-electron chi connectivity index (χ4n) is 0.188. The van der Waals surface area contributed by atoms with E-state index in [0.29, 0.717) is 0 Å². The van der Waals surface area contributed by atoms with Gasteiger partial charge in [-0.15, -0.1) is 0 Å². The molecule has 30 valence electrons. The number of hydrogen-bond donors (Lipinski definition) is 0. The molecule has 0 aromatic heterocycles. The minimum Gasteiger partial charge on any atom is -0.0623 e. The van der Waals surface area contributed by atoms with Crippen LogP contribution >= 0.6 is 0 Å². The van der Waals surface area contributed by atoms with Gasteiger partial charge in [0.05, 0.1) is 8.22 Å². The number of benzene rings is 1. The Hall–Kier alpha value is -0.780. The summed E-state index contributed by atoms with van der Waals surface area (Å²) >= 11 is 0. The Morgan fingerprint density at radius 2 is 0.833 bits per heavy atom. The van der Waals surface area contributed by atoms with Crippen molar-refractivity contribution >= 4 is 0 Å². The average Bonchev–Trinajstić information content (AvgIpc) is 2.08. The van der Waals surface area contributed by atoms with Gasteiger partial charge in [0.15, 0.2) is 0 Å². The zero-order valence-corrected chi connectivity index (χ0v) is 3.00. The summed E-state index contributed by atoms with van der Waals surface area (Å²) in [7, 11) is 0. The number of hydrogen-bond acceptors (Lipinski definition) is 0. The molecule has 0 aliphatic carbocycles.